The van der Waals surface area contributed by atoms with Gasteiger partial charge in [-0.05, 0) is 43.0 Å². The van der Waals surface area contributed by atoms with Gasteiger partial charge < -0.3 is 15.1 Å². The van der Waals surface area contributed by atoms with Crippen LogP contribution in [0.3, 0.4) is 0 Å². The molecule has 0 bridgehead atoms. The molecule has 2 aromatic rings. The minimum atomic E-state index is -0.483. The first-order valence-corrected chi connectivity index (χ1v) is 10.2. The molecule has 2 aromatic carbocycles. The van der Waals surface area contributed by atoms with Gasteiger partial charge in [0.1, 0.15) is 0 Å². The van der Waals surface area contributed by atoms with Crippen molar-refractivity contribution in [2.24, 2.45) is 0 Å². The highest BCUT2D eigenvalue weighted by atomic mass is 16.6. The van der Waals surface area contributed by atoms with Crippen LogP contribution in [0.5, 0.6) is 0 Å². The third kappa shape index (κ3) is 4.12. The predicted molar refractivity (Wildman–Crippen MR) is 114 cm³/mol. The molecule has 8 heteroatoms. The van der Waals surface area contributed by atoms with Crippen LogP contribution >= 0.6 is 0 Å². The SMILES string of the molecule is O=C(NCc1ccc(N2CCCC2=O)cc1)c1cc([N+](=O)[O-])ccc1N1CCCC1. The number of nitro benzene ring substituents is 1. The van der Waals surface area contributed by atoms with Crippen molar-refractivity contribution in [3.8, 4) is 0 Å². The summed E-state index contributed by atoms with van der Waals surface area (Å²) in [6.45, 7) is 2.72. The Labute approximate surface area is 174 Å². The largest absolute Gasteiger partial charge is 0.371 e. The molecule has 4 rings (SSSR count). The fraction of sp³-hybridized carbons (Fsp3) is 0.364. The molecule has 2 amide bonds. The van der Waals surface area contributed by atoms with Crippen LogP contribution in [0.1, 0.15) is 41.6 Å². The number of non-ortho nitro benzene ring substituents is 1. The van der Waals surface area contributed by atoms with E-state index in [9.17, 15) is 19.7 Å². The molecule has 8 nitrogen and oxygen atoms in total. The van der Waals surface area contributed by atoms with Gasteiger partial charge in [-0.15, -0.1) is 0 Å². The summed E-state index contributed by atoms with van der Waals surface area (Å²) in [5.41, 5.74) is 2.72. The Morgan fingerprint density at radius 3 is 2.40 bits per heavy atom. The standard InChI is InChI=1S/C22H24N4O4/c27-21-4-3-13-25(21)17-7-5-16(6-8-17)15-23-22(28)19-14-18(26(29)30)9-10-20(19)24-11-1-2-12-24/h5-10,14H,1-4,11-13,15H2,(H,23,28). The van der Waals surface area contributed by atoms with Gasteiger partial charge >= 0.3 is 0 Å². The fourth-order valence-electron chi connectivity index (χ4n) is 4.05. The van der Waals surface area contributed by atoms with Crippen LogP contribution < -0.4 is 15.1 Å². The molecule has 0 atom stereocenters. The highest BCUT2D eigenvalue weighted by molar-refractivity contribution is 6.00. The van der Waals surface area contributed by atoms with Gasteiger partial charge in [0.15, 0.2) is 0 Å². The number of amides is 2. The highest BCUT2D eigenvalue weighted by Crippen LogP contribution is 2.28. The zero-order valence-corrected chi connectivity index (χ0v) is 16.7. The molecule has 1 N–H and O–H groups in total. The van der Waals surface area contributed by atoms with Crippen LogP contribution in [0.2, 0.25) is 0 Å². The van der Waals surface area contributed by atoms with Gasteiger partial charge in [0.2, 0.25) is 5.91 Å². The van der Waals surface area contributed by atoms with Crippen molar-refractivity contribution < 1.29 is 14.5 Å². The highest BCUT2D eigenvalue weighted by Gasteiger charge is 2.23. The van der Waals surface area contributed by atoms with Gasteiger partial charge in [0, 0.05) is 50.4 Å². The van der Waals surface area contributed by atoms with Gasteiger partial charge in [0.05, 0.1) is 16.2 Å². The molecule has 2 aliphatic rings. The number of nitrogens with one attached hydrogen (secondary N) is 1. The molecule has 2 fully saturated rings. The molecule has 2 saturated heterocycles. The Morgan fingerprint density at radius 1 is 1.03 bits per heavy atom. The van der Waals surface area contributed by atoms with E-state index in [1.54, 1.807) is 11.0 Å². The number of carbonyl (C=O) groups is 2. The van der Waals surface area contributed by atoms with Crippen LogP contribution in [-0.4, -0.2) is 36.4 Å². The summed E-state index contributed by atoms with van der Waals surface area (Å²) in [5.74, 6) is -0.199. The molecule has 2 aliphatic heterocycles. The maximum atomic E-state index is 12.9. The van der Waals surface area contributed by atoms with Crippen LogP contribution in [0.25, 0.3) is 0 Å². The molecule has 0 spiro atoms. The predicted octanol–water partition coefficient (Wildman–Crippen LogP) is 3.25. The molecular formula is C22H24N4O4. The molecule has 30 heavy (non-hydrogen) atoms. The monoisotopic (exact) mass is 408 g/mol. The van der Waals surface area contributed by atoms with Gasteiger partial charge in [-0.1, -0.05) is 12.1 Å². The second-order valence-corrected chi connectivity index (χ2v) is 7.65. The number of carbonyl (C=O) groups excluding carboxylic acids is 2. The van der Waals surface area contributed by atoms with E-state index >= 15 is 0 Å². The quantitative estimate of drug-likeness (QED) is 0.585. The van der Waals surface area contributed by atoms with Crippen LogP contribution in [0, 0.1) is 10.1 Å². The fourth-order valence-corrected chi connectivity index (χ4v) is 4.05. The van der Waals surface area contributed by atoms with Crippen molar-refractivity contribution >= 4 is 28.9 Å². The maximum Gasteiger partial charge on any atom is 0.270 e. The van der Waals surface area contributed by atoms with E-state index in [2.05, 4.69) is 10.2 Å². The second kappa shape index (κ2) is 8.52. The van der Waals surface area contributed by atoms with Crippen molar-refractivity contribution in [2.75, 3.05) is 29.4 Å². The lowest BCUT2D eigenvalue weighted by atomic mass is 10.1. The summed E-state index contributed by atoms with van der Waals surface area (Å²) in [6, 6.07) is 12.0. The number of hydrogen-bond donors (Lipinski definition) is 1. The summed E-state index contributed by atoms with van der Waals surface area (Å²) in [7, 11) is 0. The normalized spacial score (nSPS) is 16.2. The van der Waals surface area contributed by atoms with E-state index in [1.807, 2.05) is 24.3 Å². The second-order valence-electron chi connectivity index (χ2n) is 7.65. The number of rotatable bonds is 6. The van der Waals surface area contributed by atoms with Crippen molar-refractivity contribution in [1.82, 2.24) is 5.32 Å². The lowest BCUT2D eigenvalue weighted by Gasteiger charge is -2.21. The van der Waals surface area contributed by atoms with Gasteiger partial charge in [0.25, 0.3) is 11.6 Å². The summed E-state index contributed by atoms with van der Waals surface area (Å²) in [6.07, 6.45) is 3.55. The number of anilines is 2. The molecule has 0 saturated carbocycles. The summed E-state index contributed by atoms with van der Waals surface area (Å²) >= 11 is 0. The topological polar surface area (TPSA) is 95.8 Å². The third-order valence-electron chi connectivity index (χ3n) is 5.66. The molecule has 0 radical (unpaired) electrons. The first-order valence-electron chi connectivity index (χ1n) is 10.2. The smallest absolute Gasteiger partial charge is 0.270 e. The van der Waals surface area contributed by atoms with E-state index in [0.29, 0.717) is 18.5 Å². The van der Waals surface area contributed by atoms with E-state index in [1.165, 1.54) is 12.1 Å². The zero-order valence-electron chi connectivity index (χ0n) is 16.7. The Kier molecular flexibility index (Phi) is 5.65. The van der Waals surface area contributed by atoms with Gasteiger partial charge in [-0.25, -0.2) is 0 Å². The summed E-state index contributed by atoms with van der Waals surface area (Å²) in [4.78, 5) is 39.3. The molecule has 0 aliphatic carbocycles. The molecule has 156 valence electrons. The summed E-state index contributed by atoms with van der Waals surface area (Å²) < 4.78 is 0. The molecule has 2 heterocycles. The minimum Gasteiger partial charge on any atom is -0.371 e. The number of nitro groups is 1. The van der Waals surface area contributed by atoms with Gasteiger partial charge in [-0.3, -0.25) is 19.7 Å². The van der Waals surface area contributed by atoms with E-state index in [4.69, 9.17) is 0 Å². The van der Waals surface area contributed by atoms with Crippen LogP contribution in [0.15, 0.2) is 42.5 Å². The van der Waals surface area contributed by atoms with Crippen molar-refractivity contribution in [3.63, 3.8) is 0 Å². The molecule has 0 unspecified atom stereocenters. The van der Waals surface area contributed by atoms with E-state index in [0.717, 1.165) is 55.8 Å². The van der Waals surface area contributed by atoms with Crippen LogP contribution in [-0.2, 0) is 11.3 Å². The average molecular weight is 408 g/mol. The number of hydrogen-bond acceptors (Lipinski definition) is 5. The Hall–Kier alpha value is -3.42. The Morgan fingerprint density at radius 2 is 1.77 bits per heavy atom. The van der Waals surface area contributed by atoms with Crippen molar-refractivity contribution in [1.29, 1.82) is 0 Å². The Balaban J connectivity index is 1.47. The number of nitrogens with zero attached hydrogens (tertiary/aromatic N) is 3. The third-order valence-corrected chi connectivity index (χ3v) is 5.66. The zero-order chi connectivity index (χ0) is 21.1. The van der Waals surface area contributed by atoms with Crippen molar-refractivity contribution in [3.05, 3.63) is 63.7 Å². The lowest BCUT2D eigenvalue weighted by molar-refractivity contribution is -0.384. The van der Waals surface area contributed by atoms with E-state index in [-0.39, 0.29) is 17.5 Å². The molecule has 0 aromatic heterocycles. The van der Waals surface area contributed by atoms with Crippen molar-refractivity contribution in [2.45, 2.75) is 32.2 Å². The lowest BCUT2D eigenvalue weighted by Crippen LogP contribution is -2.27. The maximum absolute atomic E-state index is 12.9. The first-order chi connectivity index (χ1) is 14.5. The molecular weight excluding hydrogens is 384 g/mol. The minimum absolute atomic E-state index is 0.0947. The average Bonchev–Trinajstić information content (AvgIpc) is 3.44. The first kappa shape index (κ1) is 19.9. The van der Waals surface area contributed by atoms with Gasteiger partial charge in [-0.2, -0.15) is 0 Å². The summed E-state index contributed by atoms with van der Waals surface area (Å²) in [5, 5.41) is 14.1. The number of benzene rings is 2. The Bertz CT molecular complexity index is 968. The van der Waals surface area contributed by atoms with Crippen LogP contribution in [0.4, 0.5) is 17.1 Å². The van der Waals surface area contributed by atoms with E-state index < -0.39 is 4.92 Å².